The Balaban J connectivity index is 2.01. The summed E-state index contributed by atoms with van der Waals surface area (Å²) in [4.78, 5) is 78.0. The lowest BCUT2D eigenvalue weighted by molar-refractivity contribution is -0.139. The van der Waals surface area contributed by atoms with E-state index in [0.717, 1.165) is 4.90 Å². The van der Waals surface area contributed by atoms with Gasteiger partial charge in [-0.15, -0.1) is 0 Å². The fourth-order valence-corrected chi connectivity index (χ4v) is 4.42. The zero-order valence-electron chi connectivity index (χ0n) is 22.6. The maximum atomic E-state index is 13.9. The maximum absolute atomic E-state index is 13.9. The Morgan fingerprint density at radius 1 is 1.07 bits per heavy atom. The number of carboxylic acids is 1. The van der Waals surface area contributed by atoms with Crippen LogP contribution in [-0.2, 0) is 24.0 Å². The third kappa shape index (κ3) is 6.63. The smallest absolute Gasteiger partial charge is 0.305 e. The van der Waals surface area contributed by atoms with E-state index in [9.17, 15) is 33.9 Å². The lowest BCUT2D eigenvalue weighted by Crippen LogP contribution is -2.55. The minimum Gasteiger partial charge on any atom is -0.507 e. The molecule has 2 aromatic carbocycles. The van der Waals surface area contributed by atoms with Crippen LogP contribution in [0.3, 0.4) is 0 Å². The second-order valence-corrected chi connectivity index (χ2v) is 9.91. The van der Waals surface area contributed by atoms with Gasteiger partial charge < -0.3 is 30.5 Å². The Kier molecular flexibility index (Phi) is 9.25. The molecule has 0 spiro atoms. The van der Waals surface area contributed by atoms with E-state index in [2.05, 4.69) is 10.6 Å². The van der Waals surface area contributed by atoms with Gasteiger partial charge in [-0.1, -0.05) is 26.0 Å². The van der Waals surface area contributed by atoms with Gasteiger partial charge >= 0.3 is 5.97 Å². The van der Waals surface area contributed by atoms with E-state index in [1.165, 1.54) is 17.0 Å². The second-order valence-electron chi connectivity index (χ2n) is 9.91. The number of aliphatic carboxylic acids is 1. The van der Waals surface area contributed by atoms with E-state index < -0.39 is 54.7 Å². The molecule has 2 aromatic rings. The van der Waals surface area contributed by atoms with E-state index in [1.807, 2.05) is 0 Å². The fourth-order valence-electron chi connectivity index (χ4n) is 4.42. The Hall–Kier alpha value is -4.74. The minimum atomic E-state index is -1.31. The average Bonchev–Trinajstić information content (AvgIpc) is 3.00. The SMILES string of the molecule is Cc1cc(C(=O)N[C@H]2CN(C(=O)C(C)C)c3ccccc3N(CC(=O)N[C@H](C=O)CC(=O)O)C2=O)cc(C)c1O. The quantitative estimate of drug-likeness (QED) is 0.337. The monoisotopic (exact) mass is 552 g/mol. The van der Waals surface area contributed by atoms with Crippen molar-refractivity contribution in [3.63, 3.8) is 0 Å². The van der Waals surface area contributed by atoms with Crippen molar-refractivity contribution in [1.29, 1.82) is 0 Å². The Morgan fingerprint density at radius 3 is 2.23 bits per heavy atom. The Labute approximate surface area is 230 Å². The molecule has 3 rings (SSSR count). The zero-order chi connectivity index (χ0) is 29.7. The van der Waals surface area contributed by atoms with Gasteiger partial charge in [-0.25, -0.2) is 0 Å². The number of aromatic hydroxyl groups is 1. The van der Waals surface area contributed by atoms with Crippen LogP contribution < -0.4 is 20.4 Å². The van der Waals surface area contributed by atoms with Crippen molar-refractivity contribution in [3.8, 4) is 5.75 Å². The molecule has 0 unspecified atom stereocenters. The van der Waals surface area contributed by atoms with Crippen LogP contribution in [-0.4, -0.2) is 71.3 Å². The molecular weight excluding hydrogens is 520 g/mol. The zero-order valence-corrected chi connectivity index (χ0v) is 22.6. The summed E-state index contributed by atoms with van der Waals surface area (Å²) in [6.45, 7) is 5.83. The summed E-state index contributed by atoms with van der Waals surface area (Å²) in [5.41, 5.74) is 1.69. The van der Waals surface area contributed by atoms with E-state index in [4.69, 9.17) is 5.11 Å². The molecule has 2 atom stereocenters. The topological polar surface area (TPSA) is 173 Å². The van der Waals surface area contributed by atoms with Crippen LogP contribution in [0, 0.1) is 19.8 Å². The number of nitrogens with one attached hydrogen (secondary N) is 2. The first-order valence-electron chi connectivity index (χ1n) is 12.6. The van der Waals surface area contributed by atoms with E-state index >= 15 is 0 Å². The first-order chi connectivity index (χ1) is 18.8. The van der Waals surface area contributed by atoms with E-state index in [-0.39, 0.29) is 35.7 Å². The van der Waals surface area contributed by atoms with Gasteiger partial charge in [-0.3, -0.25) is 28.9 Å². The second kappa shape index (κ2) is 12.4. The van der Waals surface area contributed by atoms with Gasteiger partial charge in [0.25, 0.3) is 11.8 Å². The average molecular weight is 553 g/mol. The summed E-state index contributed by atoms with van der Waals surface area (Å²) in [6, 6.07) is 6.81. The number of hydrogen-bond acceptors (Lipinski definition) is 7. The summed E-state index contributed by atoms with van der Waals surface area (Å²) >= 11 is 0. The molecule has 0 fully saturated rings. The van der Waals surface area contributed by atoms with Crippen molar-refractivity contribution >= 4 is 47.3 Å². The number of fused-ring (bicyclic) bond motifs is 1. The highest BCUT2D eigenvalue weighted by Crippen LogP contribution is 2.34. The third-order valence-electron chi connectivity index (χ3n) is 6.42. The van der Waals surface area contributed by atoms with Crippen molar-refractivity contribution in [3.05, 3.63) is 53.1 Å². The molecule has 4 amide bonds. The molecule has 40 heavy (non-hydrogen) atoms. The molecule has 1 aliphatic rings. The number of aldehydes is 1. The summed E-state index contributed by atoms with van der Waals surface area (Å²) in [5, 5.41) is 24.0. The molecule has 4 N–H and O–H groups in total. The van der Waals surface area contributed by atoms with Crippen LogP contribution in [0.1, 0.15) is 41.8 Å². The van der Waals surface area contributed by atoms with Gasteiger partial charge in [0.1, 0.15) is 24.6 Å². The largest absolute Gasteiger partial charge is 0.507 e. The maximum Gasteiger partial charge on any atom is 0.305 e. The molecule has 0 saturated carbocycles. The van der Waals surface area contributed by atoms with Crippen LogP contribution >= 0.6 is 0 Å². The number of amides is 4. The number of aryl methyl sites for hydroxylation is 2. The van der Waals surface area contributed by atoms with Gasteiger partial charge in [-0.05, 0) is 49.2 Å². The lowest BCUT2D eigenvalue weighted by atomic mass is 10.0. The molecule has 0 saturated heterocycles. The van der Waals surface area contributed by atoms with Gasteiger partial charge in [0.05, 0.1) is 30.4 Å². The summed E-state index contributed by atoms with van der Waals surface area (Å²) in [5.74, 6) is -4.15. The number of carboxylic acid groups (broad SMARTS) is 1. The molecule has 1 heterocycles. The van der Waals surface area contributed by atoms with Crippen LogP contribution in [0.4, 0.5) is 11.4 Å². The molecule has 1 aliphatic heterocycles. The number of benzene rings is 2. The van der Waals surface area contributed by atoms with Crippen LogP contribution in [0.2, 0.25) is 0 Å². The number of nitrogens with zero attached hydrogens (tertiary/aromatic N) is 2. The number of para-hydroxylation sites is 2. The predicted molar refractivity (Wildman–Crippen MR) is 145 cm³/mol. The predicted octanol–water partition coefficient (Wildman–Crippen LogP) is 1.30. The number of anilines is 2. The minimum absolute atomic E-state index is 0.0416. The van der Waals surface area contributed by atoms with E-state index in [0.29, 0.717) is 16.8 Å². The number of rotatable bonds is 9. The summed E-state index contributed by atoms with van der Waals surface area (Å²) in [6.07, 6.45) is -0.349. The normalized spacial score (nSPS) is 15.6. The highest BCUT2D eigenvalue weighted by Gasteiger charge is 2.38. The molecule has 0 aromatic heterocycles. The fraction of sp³-hybridized carbons (Fsp3) is 0.357. The molecule has 12 heteroatoms. The number of phenols is 1. The van der Waals surface area contributed by atoms with Crippen molar-refractivity contribution in [2.45, 2.75) is 46.2 Å². The summed E-state index contributed by atoms with van der Waals surface area (Å²) in [7, 11) is 0. The first kappa shape index (κ1) is 29.8. The number of carbonyl (C=O) groups excluding carboxylic acids is 5. The Bertz CT molecular complexity index is 1330. The van der Waals surface area contributed by atoms with Gasteiger partial charge in [0.2, 0.25) is 11.8 Å². The van der Waals surface area contributed by atoms with Gasteiger partial charge in [0, 0.05) is 11.5 Å². The number of phenolic OH excluding ortho intramolecular Hbond substituents is 1. The van der Waals surface area contributed by atoms with Crippen molar-refractivity contribution in [2.24, 2.45) is 5.92 Å². The first-order valence-corrected chi connectivity index (χ1v) is 12.6. The third-order valence-corrected chi connectivity index (χ3v) is 6.42. The lowest BCUT2D eigenvalue weighted by Gasteiger charge is -2.26. The Morgan fingerprint density at radius 2 is 1.68 bits per heavy atom. The molecular formula is C28H32N4O8. The van der Waals surface area contributed by atoms with Gasteiger partial charge in [0.15, 0.2) is 0 Å². The highest BCUT2D eigenvalue weighted by atomic mass is 16.4. The van der Waals surface area contributed by atoms with Crippen LogP contribution in [0.5, 0.6) is 5.75 Å². The molecule has 0 aliphatic carbocycles. The summed E-state index contributed by atoms with van der Waals surface area (Å²) < 4.78 is 0. The van der Waals surface area contributed by atoms with Crippen molar-refractivity contribution in [1.82, 2.24) is 10.6 Å². The van der Waals surface area contributed by atoms with Crippen molar-refractivity contribution in [2.75, 3.05) is 22.9 Å². The standard InChI is InChI=1S/C28H32N4O8/c1-15(2)27(39)31-12-20(30-26(38)18-9-16(3)25(37)17(4)10-18)28(40)32(22-8-6-5-7-21(22)31)13-23(34)29-19(14-33)11-24(35)36/h5-10,14-15,19-20,37H,11-13H2,1-4H3,(H,29,34)(H,30,38)(H,35,36)/t19-,20-/m0/s1. The van der Waals surface area contributed by atoms with Crippen LogP contribution in [0.25, 0.3) is 0 Å². The molecule has 212 valence electrons. The van der Waals surface area contributed by atoms with Gasteiger partial charge in [-0.2, -0.15) is 0 Å². The number of carbonyl (C=O) groups is 6. The molecule has 0 bridgehead atoms. The van der Waals surface area contributed by atoms with Crippen molar-refractivity contribution < 1.29 is 39.0 Å². The molecule has 12 nitrogen and oxygen atoms in total. The van der Waals surface area contributed by atoms with Crippen LogP contribution in [0.15, 0.2) is 36.4 Å². The van der Waals surface area contributed by atoms with E-state index in [1.54, 1.807) is 52.0 Å². The highest BCUT2D eigenvalue weighted by molar-refractivity contribution is 6.11. The molecule has 0 radical (unpaired) electrons. The number of hydrogen-bond donors (Lipinski definition) is 4.